The number of carbonyl (C=O) groups is 1. The molecule has 1 aliphatic heterocycles. The van der Waals surface area contributed by atoms with Gasteiger partial charge in [0.25, 0.3) is 0 Å². The third-order valence-corrected chi connectivity index (χ3v) is 3.66. The fourth-order valence-electron chi connectivity index (χ4n) is 2.31. The van der Waals surface area contributed by atoms with Crippen molar-refractivity contribution in [3.05, 3.63) is 34.6 Å². The Morgan fingerprint density at radius 1 is 1.62 bits per heavy atom. The molecule has 1 aliphatic rings. The second kappa shape index (κ2) is 7.73. The molecule has 0 aromatic heterocycles. The lowest BCUT2D eigenvalue weighted by molar-refractivity contribution is -0.146. The summed E-state index contributed by atoms with van der Waals surface area (Å²) in [5.41, 5.74) is 0.581. The Hall–Kier alpha value is -1.17. The number of esters is 1. The molecule has 0 radical (unpaired) electrons. The van der Waals surface area contributed by atoms with Crippen LogP contribution in [0.5, 0.6) is 0 Å². The quantitative estimate of drug-likeness (QED) is 0.820. The molecular weight excluding hydrogens is 297 g/mol. The van der Waals surface area contributed by atoms with Gasteiger partial charge < -0.3 is 9.47 Å². The number of hydrogen-bond donors (Lipinski definition) is 1. The Kier molecular flexibility index (Phi) is 5.96. The first kappa shape index (κ1) is 16.2. The maximum Gasteiger partial charge on any atom is 0.327 e. The second-order valence-electron chi connectivity index (χ2n) is 4.90. The molecule has 0 bridgehead atoms. The second-order valence-corrected chi connectivity index (χ2v) is 5.31. The summed E-state index contributed by atoms with van der Waals surface area (Å²) in [6.07, 6.45) is 2.09. The molecule has 2 rings (SSSR count). The maximum absolute atomic E-state index is 13.3. The van der Waals surface area contributed by atoms with Gasteiger partial charge in [-0.3, -0.25) is 5.32 Å². The lowest BCUT2D eigenvalue weighted by atomic mass is 10.1. The molecule has 1 fully saturated rings. The summed E-state index contributed by atoms with van der Waals surface area (Å²) >= 11 is 5.79. The number of halogens is 2. The Morgan fingerprint density at radius 3 is 3.05 bits per heavy atom. The zero-order valence-corrected chi connectivity index (χ0v) is 12.7. The van der Waals surface area contributed by atoms with Gasteiger partial charge in [0, 0.05) is 13.2 Å². The predicted octanol–water partition coefficient (Wildman–Crippen LogP) is 2.85. The van der Waals surface area contributed by atoms with Crippen LogP contribution in [0.25, 0.3) is 0 Å². The van der Waals surface area contributed by atoms with Gasteiger partial charge in [-0.25, -0.2) is 9.18 Å². The summed E-state index contributed by atoms with van der Waals surface area (Å²) in [6.45, 7) is 3.32. The van der Waals surface area contributed by atoms with E-state index < -0.39 is 17.8 Å². The van der Waals surface area contributed by atoms with E-state index in [9.17, 15) is 9.18 Å². The van der Waals surface area contributed by atoms with Gasteiger partial charge in [0.15, 0.2) is 0 Å². The van der Waals surface area contributed by atoms with Crippen molar-refractivity contribution in [2.24, 2.45) is 0 Å². The van der Waals surface area contributed by atoms with Crippen molar-refractivity contribution < 1.29 is 18.7 Å². The number of benzene rings is 1. The van der Waals surface area contributed by atoms with Crippen LogP contribution in [0.15, 0.2) is 18.2 Å². The smallest absolute Gasteiger partial charge is 0.327 e. The van der Waals surface area contributed by atoms with Crippen LogP contribution in [0, 0.1) is 5.82 Å². The van der Waals surface area contributed by atoms with Crippen LogP contribution in [0.1, 0.15) is 31.4 Å². The van der Waals surface area contributed by atoms with Gasteiger partial charge in [0.2, 0.25) is 0 Å². The fraction of sp³-hybridized carbons (Fsp3) is 0.533. The third kappa shape index (κ3) is 4.40. The van der Waals surface area contributed by atoms with Crippen LogP contribution in [0.3, 0.4) is 0 Å². The number of rotatable bonds is 6. The Balaban J connectivity index is 2.09. The van der Waals surface area contributed by atoms with E-state index in [0.717, 1.165) is 19.4 Å². The van der Waals surface area contributed by atoms with Gasteiger partial charge in [-0.1, -0.05) is 17.7 Å². The van der Waals surface area contributed by atoms with Crippen molar-refractivity contribution in [3.63, 3.8) is 0 Å². The van der Waals surface area contributed by atoms with E-state index >= 15 is 0 Å². The summed E-state index contributed by atoms with van der Waals surface area (Å²) < 4.78 is 23.8. The highest BCUT2D eigenvalue weighted by Crippen LogP contribution is 2.22. The molecule has 1 aromatic rings. The molecule has 21 heavy (non-hydrogen) atoms. The molecule has 1 N–H and O–H groups in total. The van der Waals surface area contributed by atoms with Crippen molar-refractivity contribution in [1.82, 2.24) is 5.32 Å². The highest BCUT2D eigenvalue weighted by atomic mass is 35.5. The highest BCUT2D eigenvalue weighted by molar-refractivity contribution is 6.30. The monoisotopic (exact) mass is 315 g/mol. The molecule has 1 heterocycles. The maximum atomic E-state index is 13.3. The van der Waals surface area contributed by atoms with Gasteiger partial charge in [-0.2, -0.15) is 0 Å². The van der Waals surface area contributed by atoms with Gasteiger partial charge in [-0.05, 0) is 37.5 Å². The van der Waals surface area contributed by atoms with Gasteiger partial charge in [0.1, 0.15) is 11.9 Å². The number of hydrogen-bond acceptors (Lipinski definition) is 4. The first-order valence-corrected chi connectivity index (χ1v) is 7.46. The van der Waals surface area contributed by atoms with Crippen molar-refractivity contribution in [1.29, 1.82) is 0 Å². The minimum absolute atomic E-state index is 0.0132. The first-order chi connectivity index (χ1) is 10.1. The molecule has 4 nitrogen and oxygen atoms in total. The Labute approximate surface area is 128 Å². The average Bonchev–Trinajstić information content (AvgIpc) is 2.96. The van der Waals surface area contributed by atoms with E-state index in [-0.39, 0.29) is 17.7 Å². The number of ether oxygens (including phenoxy) is 2. The first-order valence-electron chi connectivity index (χ1n) is 7.08. The predicted molar refractivity (Wildman–Crippen MR) is 77.8 cm³/mol. The Morgan fingerprint density at radius 2 is 2.43 bits per heavy atom. The molecule has 1 saturated heterocycles. The topological polar surface area (TPSA) is 47.6 Å². The summed E-state index contributed by atoms with van der Waals surface area (Å²) in [7, 11) is 0. The lowest BCUT2D eigenvalue weighted by Gasteiger charge is -2.20. The fourth-order valence-corrected chi connectivity index (χ4v) is 2.50. The van der Waals surface area contributed by atoms with E-state index in [1.165, 1.54) is 18.2 Å². The van der Waals surface area contributed by atoms with Crippen LogP contribution in [0.4, 0.5) is 4.39 Å². The zero-order valence-electron chi connectivity index (χ0n) is 11.9. The minimum atomic E-state index is -0.674. The highest BCUT2D eigenvalue weighted by Gasteiger charge is 2.25. The molecule has 0 saturated carbocycles. The molecule has 0 aliphatic carbocycles. The lowest BCUT2D eigenvalue weighted by Crippen LogP contribution is -2.35. The van der Waals surface area contributed by atoms with Gasteiger partial charge in [-0.15, -0.1) is 0 Å². The molecule has 116 valence electrons. The van der Waals surface area contributed by atoms with Gasteiger partial charge in [0.05, 0.1) is 17.7 Å². The van der Waals surface area contributed by atoms with E-state index in [4.69, 9.17) is 21.1 Å². The van der Waals surface area contributed by atoms with Gasteiger partial charge >= 0.3 is 5.97 Å². The molecule has 1 aromatic carbocycles. The molecule has 0 spiro atoms. The van der Waals surface area contributed by atoms with E-state index in [1.54, 1.807) is 6.92 Å². The minimum Gasteiger partial charge on any atom is -0.465 e. The molecule has 2 atom stereocenters. The average molecular weight is 316 g/mol. The largest absolute Gasteiger partial charge is 0.465 e. The van der Waals surface area contributed by atoms with Crippen molar-refractivity contribution >= 4 is 17.6 Å². The summed E-state index contributed by atoms with van der Waals surface area (Å²) in [4.78, 5) is 12.1. The van der Waals surface area contributed by atoms with Crippen LogP contribution >= 0.6 is 11.6 Å². The van der Waals surface area contributed by atoms with Crippen molar-refractivity contribution in [3.8, 4) is 0 Å². The number of nitrogens with one attached hydrogen (secondary N) is 1. The molecular formula is C15H19ClFNO3. The zero-order chi connectivity index (χ0) is 15.2. The van der Waals surface area contributed by atoms with E-state index in [2.05, 4.69) is 5.32 Å². The van der Waals surface area contributed by atoms with E-state index in [0.29, 0.717) is 12.1 Å². The normalized spacial score (nSPS) is 19.5. The Bertz CT molecular complexity index is 492. The summed E-state index contributed by atoms with van der Waals surface area (Å²) in [5.74, 6) is -0.916. The van der Waals surface area contributed by atoms with Crippen LogP contribution in [-0.2, 0) is 14.3 Å². The van der Waals surface area contributed by atoms with E-state index in [1.807, 2.05) is 0 Å². The number of carbonyl (C=O) groups excluding carboxylic acids is 1. The molecule has 6 heteroatoms. The van der Waals surface area contributed by atoms with Crippen LogP contribution in [-0.4, -0.2) is 31.8 Å². The van der Waals surface area contributed by atoms with Crippen LogP contribution in [0.2, 0.25) is 5.02 Å². The SMILES string of the molecule is CCOC(=O)C(NCC1CCCO1)c1ccc(F)c(Cl)c1. The standard InChI is InChI=1S/C15H19ClFNO3/c1-2-20-15(19)14(18-9-11-4-3-7-21-11)10-5-6-13(17)12(16)8-10/h5-6,8,11,14,18H,2-4,7,9H2,1H3. The molecule has 0 amide bonds. The summed E-state index contributed by atoms with van der Waals surface area (Å²) in [5, 5.41) is 3.12. The third-order valence-electron chi connectivity index (χ3n) is 3.37. The van der Waals surface area contributed by atoms with Crippen LogP contribution < -0.4 is 5.32 Å². The molecule has 2 unspecified atom stereocenters. The van der Waals surface area contributed by atoms with Crippen molar-refractivity contribution in [2.45, 2.75) is 31.9 Å². The summed E-state index contributed by atoms with van der Waals surface area (Å²) in [6, 6.07) is 3.55. The van der Waals surface area contributed by atoms with Crippen molar-refractivity contribution in [2.75, 3.05) is 19.8 Å².